The summed E-state index contributed by atoms with van der Waals surface area (Å²) in [5, 5.41) is 9.40. The summed E-state index contributed by atoms with van der Waals surface area (Å²) < 4.78 is 0. The van der Waals surface area contributed by atoms with Gasteiger partial charge in [-0.1, -0.05) is 38.7 Å². The van der Waals surface area contributed by atoms with Gasteiger partial charge in [0.05, 0.1) is 0 Å². The smallest absolute Gasteiger partial charge is 0.181 e. The monoisotopic (exact) mass is 185 g/mol. The molecular formula is C10H19NO2. The van der Waals surface area contributed by atoms with Crippen molar-refractivity contribution < 1.29 is 9.94 Å². The number of hydrogen-bond acceptors (Lipinski definition) is 3. The molecular weight excluding hydrogens is 166 g/mol. The molecule has 0 aromatic rings. The van der Waals surface area contributed by atoms with E-state index in [4.69, 9.17) is 4.84 Å². The molecule has 0 aromatic carbocycles. The SMILES string of the molecule is C=CNOC(O)CC1CCCCC1. The minimum absolute atomic E-state index is 0.635. The molecule has 2 N–H and O–H groups in total. The van der Waals surface area contributed by atoms with Crippen LogP contribution >= 0.6 is 0 Å². The molecule has 0 amide bonds. The van der Waals surface area contributed by atoms with Crippen LogP contribution in [0.5, 0.6) is 0 Å². The predicted molar refractivity (Wildman–Crippen MR) is 51.6 cm³/mol. The molecule has 0 aromatic heterocycles. The van der Waals surface area contributed by atoms with Crippen molar-refractivity contribution in [2.24, 2.45) is 5.92 Å². The molecule has 1 aliphatic rings. The number of aliphatic hydroxyl groups excluding tert-OH is 1. The zero-order valence-corrected chi connectivity index (χ0v) is 8.04. The van der Waals surface area contributed by atoms with Crippen molar-refractivity contribution in [2.45, 2.75) is 44.8 Å². The van der Waals surface area contributed by atoms with Gasteiger partial charge in [-0.25, -0.2) is 4.84 Å². The van der Waals surface area contributed by atoms with Gasteiger partial charge in [0.2, 0.25) is 0 Å². The van der Waals surface area contributed by atoms with Crippen molar-refractivity contribution in [1.29, 1.82) is 0 Å². The van der Waals surface area contributed by atoms with Crippen LogP contribution in [0.2, 0.25) is 0 Å². The topological polar surface area (TPSA) is 41.5 Å². The van der Waals surface area contributed by atoms with Gasteiger partial charge in [-0.15, -0.1) is 0 Å². The Morgan fingerprint density at radius 2 is 2.15 bits per heavy atom. The summed E-state index contributed by atoms with van der Waals surface area (Å²) >= 11 is 0. The van der Waals surface area contributed by atoms with Crippen molar-refractivity contribution in [2.75, 3.05) is 0 Å². The predicted octanol–water partition coefficient (Wildman–Crippen LogP) is 1.94. The van der Waals surface area contributed by atoms with Crippen LogP contribution in [0.3, 0.4) is 0 Å². The van der Waals surface area contributed by atoms with Crippen molar-refractivity contribution in [3.63, 3.8) is 0 Å². The van der Waals surface area contributed by atoms with Gasteiger partial charge in [-0.2, -0.15) is 0 Å². The molecule has 13 heavy (non-hydrogen) atoms. The molecule has 1 unspecified atom stereocenters. The highest BCUT2D eigenvalue weighted by Gasteiger charge is 2.17. The maximum atomic E-state index is 9.40. The third-order valence-corrected chi connectivity index (χ3v) is 2.55. The van der Waals surface area contributed by atoms with Gasteiger partial charge in [0.15, 0.2) is 6.29 Å². The van der Waals surface area contributed by atoms with Gasteiger partial charge in [0, 0.05) is 12.6 Å². The van der Waals surface area contributed by atoms with Gasteiger partial charge in [0.1, 0.15) is 0 Å². The number of hydroxylamine groups is 1. The number of hydrogen-bond donors (Lipinski definition) is 2. The van der Waals surface area contributed by atoms with Crippen molar-refractivity contribution >= 4 is 0 Å². The summed E-state index contributed by atoms with van der Waals surface area (Å²) in [6.45, 7) is 3.43. The maximum absolute atomic E-state index is 9.40. The first-order chi connectivity index (χ1) is 6.33. The molecule has 0 heterocycles. The van der Waals surface area contributed by atoms with Gasteiger partial charge >= 0.3 is 0 Å². The van der Waals surface area contributed by atoms with Gasteiger partial charge < -0.3 is 5.11 Å². The van der Waals surface area contributed by atoms with Gasteiger partial charge in [-0.05, 0) is 5.92 Å². The third-order valence-electron chi connectivity index (χ3n) is 2.55. The molecule has 1 saturated carbocycles. The average molecular weight is 185 g/mol. The first-order valence-corrected chi connectivity index (χ1v) is 5.03. The van der Waals surface area contributed by atoms with Crippen LogP contribution in [0, 0.1) is 5.92 Å². The van der Waals surface area contributed by atoms with Crippen molar-refractivity contribution in [3.05, 3.63) is 12.8 Å². The second-order valence-corrected chi connectivity index (χ2v) is 3.63. The lowest BCUT2D eigenvalue weighted by Gasteiger charge is -2.23. The summed E-state index contributed by atoms with van der Waals surface area (Å²) in [5.41, 5.74) is 2.45. The zero-order chi connectivity index (χ0) is 9.52. The molecule has 0 saturated heterocycles. The molecule has 1 atom stereocenters. The number of nitrogens with one attached hydrogen (secondary N) is 1. The van der Waals surface area contributed by atoms with E-state index < -0.39 is 6.29 Å². The lowest BCUT2D eigenvalue weighted by atomic mass is 9.87. The standard InChI is InChI=1S/C10H19NO2/c1-2-11-13-10(12)8-9-6-4-3-5-7-9/h2,9-12H,1,3-8H2. The van der Waals surface area contributed by atoms with Gasteiger partial charge in [-0.3, -0.25) is 5.48 Å². The van der Waals surface area contributed by atoms with Crippen molar-refractivity contribution in [3.8, 4) is 0 Å². The molecule has 1 aliphatic carbocycles. The van der Waals surface area contributed by atoms with E-state index in [-0.39, 0.29) is 0 Å². The highest BCUT2D eigenvalue weighted by molar-refractivity contribution is 4.66. The maximum Gasteiger partial charge on any atom is 0.181 e. The highest BCUT2D eigenvalue weighted by Crippen LogP contribution is 2.27. The van der Waals surface area contributed by atoms with Crippen LogP contribution in [-0.4, -0.2) is 11.4 Å². The Morgan fingerprint density at radius 1 is 1.46 bits per heavy atom. The average Bonchev–Trinajstić information content (AvgIpc) is 2.16. The van der Waals surface area contributed by atoms with Crippen LogP contribution in [0.15, 0.2) is 12.8 Å². The van der Waals surface area contributed by atoms with E-state index in [0.717, 1.165) is 6.42 Å². The Kier molecular flexibility index (Phi) is 4.86. The van der Waals surface area contributed by atoms with Crippen molar-refractivity contribution in [1.82, 2.24) is 5.48 Å². The summed E-state index contributed by atoms with van der Waals surface area (Å²) in [7, 11) is 0. The molecule has 1 fully saturated rings. The van der Waals surface area contributed by atoms with Gasteiger partial charge in [0.25, 0.3) is 0 Å². The Morgan fingerprint density at radius 3 is 2.77 bits per heavy atom. The second-order valence-electron chi connectivity index (χ2n) is 3.63. The van der Waals surface area contributed by atoms with Crippen LogP contribution in [-0.2, 0) is 4.84 Å². The highest BCUT2D eigenvalue weighted by atomic mass is 16.7. The van der Waals surface area contributed by atoms with Crippen LogP contribution in [0.4, 0.5) is 0 Å². The van der Waals surface area contributed by atoms with E-state index >= 15 is 0 Å². The fourth-order valence-corrected chi connectivity index (χ4v) is 1.88. The van der Waals surface area contributed by atoms with E-state index in [1.807, 2.05) is 0 Å². The summed E-state index contributed by atoms with van der Waals surface area (Å²) in [5.74, 6) is 0.635. The minimum atomic E-state index is -0.693. The van der Waals surface area contributed by atoms with E-state index in [2.05, 4.69) is 12.1 Å². The lowest BCUT2D eigenvalue weighted by Crippen LogP contribution is -2.23. The molecule has 3 nitrogen and oxygen atoms in total. The normalized spacial score (nSPS) is 21.0. The summed E-state index contributed by atoms with van der Waals surface area (Å²) in [6, 6.07) is 0. The zero-order valence-electron chi connectivity index (χ0n) is 8.04. The quantitative estimate of drug-likeness (QED) is 0.508. The minimum Gasteiger partial charge on any atom is -0.366 e. The summed E-state index contributed by atoms with van der Waals surface area (Å²) in [6.07, 6.45) is 7.87. The third kappa shape index (κ3) is 4.29. The molecule has 0 bridgehead atoms. The first-order valence-electron chi connectivity index (χ1n) is 5.03. The molecule has 76 valence electrons. The van der Waals surface area contributed by atoms with E-state index in [0.29, 0.717) is 5.92 Å². The molecule has 0 radical (unpaired) electrons. The van der Waals surface area contributed by atoms with Crippen LogP contribution < -0.4 is 5.48 Å². The number of aliphatic hydroxyl groups is 1. The Balaban J connectivity index is 2.10. The second kappa shape index (κ2) is 6.00. The lowest BCUT2D eigenvalue weighted by molar-refractivity contribution is -0.144. The fraction of sp³-hybridized carbons (Fsp3) is 0.800. The molecule has 0 aliphatic heterocycles. The molecule has 1 rings (SSSR count). The molecule has 0 spiro atoms. The van der Waals surface area contributed by atoms with E-state index in [1.54, 1.807) is 0 Å². The molecule has 3 heteroatoms. The van der Waals surface area contributed by atoms with E-state index in [1.165, 1.54) is 38.3 Å². The van der Waals surface area contributed by atoms with E-state index in [9.17, 15) is 5.11 Å². The Bertz CT molecular complexity index is 144. The Hall–Kier alpha value is -0.540. The summed E-state index contributed by atoms with van der Waals surface area (Å²) in [4.78, 5) is 4.88. The first kappa shape index (κ1) is 10.5. The fourth-order valence-electron chi connectivity index (χ4n) is 1.88. The largest absolute Gasteiger partial charge is 0.366 e. The number of rotatable bonds is 5. The van der Waals surface area contributed by atoms with Crippen LogP contribution in [0.25, 0.3) is 0 Å². The Labute approximate surface area is 79.7 Å². The van der Waals surface area contributed by atoms with Crippen LogP contribution in [0.1, 0.15) is 38.5 Å².